The summed E-state index contributed by atoms with van der Waals surface area (Å²) in [5.41, 5.74) is 5.52. The summed E-state index contributed by atoms with van der Waals surface area (Å²) in [7, 11) is 0. The second-order valence-corrected chi connectivity index (χ2v) is 7.25. The highest BCUT2D eigenvalue weighted by molar-refractivity contribution is 5.61. The number of hydrogen-bond donors (Lipinski definition) is 1. The molecule has 0 aliphatic carbocycles. The summed E-state index contributed by atoms with van der Waals surface area (Å²) in [6.45, 7) is 7.48. The van der Waals surface area contributed by atoms with Crippen LogP contribution in [0.15, 0.2) is 24.4 Å². The van der Waals surface area contributed by atoms with Crippen LogP contribution in [0, 0.1) is 18.7 Å². The van der Waals surface area contributed by atoms with E-state index in [0.29, 0.717) is 6.42 Å². The van der Waals surface area contributed by atoms with Crippen molar-refractivity contribution in [3.05, 3.63) is 41.6 Å². The highest BCUT2D eigenvalue weighted by Gasteiger charge is 2.21. The molecule has 0 aliphatic heterocycles. The van der Waals surface area contributed by atoms with Crippen LogP contribution < -0.4 is 10.5 Å². The number of pyridine rings is 2. The number of aryl methyl sites for hydroxylation is 1. The largest absolute Gasteiger partial charge is 0.491 e. The summed E-state index contributed by atoms with van der Waals surface area (Å²) < 4.78 is 46.6. The Balaban J connectivity index is 2.25. The van der Waals surface area contributed by atoms with Gasteiger partial charge in [0.15, 0.2) is 5.82 Å². The first kappa shape index (κ1) is 20.2. The molecule has 4 nitrogen and oxygen atoms in total. The number of aromatic nitrogens is 2. The van der Waals surface area contributed by atoms with Gasteiger partial charge in [0.25, 0.3) is 6.43 Å². The van der Waals surface area contributed by atoms with Crippen molar-refractivity contribution in [1.29, 1.82) is 0 Å². The van der Waals surface area contributed by atoms with E-state index in [2.05, 4.69) is 9.97 Å². The Hall–Kier alpha value is -2.15. The van der Waals surface area contributed by atoms with Gasteiger partial charge < -0.3 is 10.5 Å². The molecule has 0 saturated heterocycles. The van der Waals surface area contributed by atoms with Gasteiger partial charge in [-0.05, 0) is 51.3 Å². The molecule has 2 N–H and O–H groups in total. The van der Waals surface area contributed by atoms with Gasteiger partial charge in [-0.1, -0.05) is 6.92 Å². The Morgan fingerprint density at radius 2 is 1.92 bits per heavy atom. The van der Waals surface area contributed by atoms with Crippen LogP contribution in [-0.4, -0.2) is 22.1 Å². The minimum Gasteiger partial charge on any atom is -0.491 e. The van der Waals surface area contributed by atoms with Crippen molar-refractivity contribution in [2.45, 2.75) is 46.1 Å². The number of rotatable bonds is 7. The maximum atomic E-state index is 14.2. The fourth-order valence-electron chi connectivity index (χ4n) is 2.83. The van der Waals surface area contributed by atoms with Gasteiger partial charge in [0, 0.05) is 17.3 Å². The Morgan fingerprint density at radius 1 is 1.23 bits per heavy atom. The lowest BCUT2D eigenvalue weighted by molar-refractivity contribution is 0.136. The summed E-state index contributed by atoms with van der Waals surface area (Å²) in [5.74, 6) is -0.496. The third-order valence-corrected chi connectivity index (χ3v) is 3.83. The van der Waals surface area contributed by atoms with Crippen LogP contribution in [0.2, 0.25) is 0 Å². The molecule has 2 aromatic rings. The molecule has 0 saturated carbocycles. The predicted molar refractivity (Wildman–Crippen MR) is 94.7 cm³/mol. The van der Waals surface area contributed by atoms with Gasteiger partial charge in [-0.15, -0.1) is 0 Å². The van der Waals surface area contributed by atoms with Gasteiger partial charge in [0.1, 0.15) is 11.4 Å². The number of alkyl halides is 2. The van der Waals surface area contributed by atoms with Gasteiger partial charge >= 0.3 is 0 Å². The normalized spacial score (nSPS) is 13.1. The molecule has 0 unspecified atom stereocenters. The van der Waals surface area contributed by atoms with Crippen LogP contribution >= 0.6 is 0 Å². The predicted octanol–water partition coefficient (Wildman–Crippen LogP) is 4.67. The molecule has 7 heteroatoms. The molecule has 0 amide bonds. The Bertz CT molecular complexity index is 760. The first-order valence-electron chi connectivity index (χ1n) is 8.40. The molecule has 2 aromatic heterocycles. The Kier molecular flexibility index (Phi) is 6.23. The quantitative estimate of drug-likeness (QED) is 0.772. The third-order valence-electron chi connectivity index (χ3n) is 3.83. The zero-order valence-corrected chi connectivity index (χ0v) is 15.4. The maximum absolute atomic E-state index is 14.2. The number of nitrogens with two attached hydrogens (primary N) is 1. The van der Waals surface area contributed by atoms with E-state index < -0.39 is 17.9 Å². The molecule has 2 heterocycles. The molecule has 1 atom stereocenters. The lowest BCUT2D eigenvalue weighted by atomic mass is 9.93. The molecule has 26 heavy (non-hydrogen) atoms. The molecule has 0 bridgehead atoms. The molecule has 0 aliphatic rings. The Labute approximate surface area is 151 Å². The summed E-state index contributed by atoms with van der Waals surface area (Å²) >= 11 is 0. The molecule has 0 fully saturated rings. The number of halogens is 3. The average molecular weight is 367 g/mol. The van der Waals surface area contributed by atoms with E-state index >= 15 is 0 Å². The Morgan fingerprint density at radius 3 is 2.54 bits per heavy atom. The van der Waals surface area contributed by atoms with Crippen LogP contribution in [0.4, 0.5) is 13.2 Å². The van der Waals surface area contributed by atoms with Crippen LogP contribution in [-0.2, 0) is 0 Å². The van der Waals surface area contributed by atoms with Gasteiger partial charge in [-0.2, -0.15) is 0 Å². The molecular weight excluding hydrogens is 343 g/mol. The minimum atomic E-state index is -2.84. The monoisotopic (exact) mass is 367 g/mol. The van der Waals surface area contributed by atoms with Crippen molar-refractivity contribution in [3.63, 3.8) is 0 Å². The lowest BCUT2D eigenvalue weighted by Crippen LogP contribution is -2.35. The van der Waals surface area contributed by atoms with Crippen molar-refractivity contribution in [2.24, 2.45) is 11.7 Å². The number of ether oxygens (including phenoxy) is 1. The van der Waals surface area contributed by atoms with Gasteiger partial charge in [0.2, 0.25) is 0 Å². The topological polar surface area (TPSA) is 61.0 Å². The fourth-order valence-corrected chi connectivity index (χ4v) is 2.83. The maximum Gasteiger partial charge on any atom is 0.284 e. The van der Waals surface area contributed by atoms with Crippen LogP contribution in [0.5, 0.6) is 5.75 Å². The summed E-state index contributed by atoms with van der Waals surface area (Å²) in [6.07, 6.45) is -0.737. The fraction of sp³-hybridized carbons (Fsp3) is 0.474. The van der Waals surface area contributed by atoms with Crippen molar-refractivity contribution in [1.82, 2.24) is 9.97 Å². The zero-order valence-electron chi connectivity index (χ0n) is 15.4. The van der Waals surface area contributed by atoms with Crippen molar-refractivity contribution in [2.75, 3.05) is 6.61 Å². The van der Waals surface area contributed by atoms with E-state index in [4.69, 9.17) is 10.5 Å². The molecule has 142 valence electrons. The van der Waals surface area contributed by atoms with E-state index in [9.17, 15) is 13.2 Å². The molecule has 0 radical (unpaired) electrons. The van der Waals surface area contributed by atoms with Gasteiger partial charge in [0.05, 0.1) is 18.0 Å². The van der Waals surface area contributed by atoms with Gasteiger partial charge in [-0.3, -0.25) is 4.98 Å². The molecular formula is C19H24F3N3O. The first-order valence-corrected chi connectivity index (χ1v) is 8.40. The molecule has 0 aromatic carbocycles. The third kappa shape index (κ3) is 5.17. The van der Waals surface area contributed by atoms with Crippen LogP contribution in [0.25, 0.3) is 11.3 Å². The van der Waals surface area contributed by atoms with Gasteiger partial charge in [-0.25, -0.2) is 18.2 Å². The van der Waals surface area contributed by atoms with Crippen molar-refractivity contribution >= 4 is 0 Å². The molecule has 0 spiro atoms. The smallest absolute Gasteiger partial charge is 0.284 e. The summed E-state index contributed by atoms with van der Waals surface area (Å²) in [5, 5.41) is 0. The zero-order chi connectivity index (χ0) is 19.5. The van der Waals surface area contributed by atoms with Crippen molar-refractivity contribution < 1.29 is 17.9 Å². The number of nitrogens with zero attached hydrogens (tertiary/aromatic N) is 2. The van der Waals surface area contributed by atoms with Crippen LogP contribution in [0.1, 0.15) is 45.0 Å². The molecule has 2 rings (SSSR count). The SMILES string of the molecule is Cc1nccc(-c2ccc(OC[C@@H](C)CC(C)(C)N)c(C(F)F)n2)c1F. The lowest BCUT2D eigenvalue weighted by Gasteiger charge is -2.23. The first-order chi connectivity index (χ1) is 12.1. The van der Waals surface area contributed by atoms with Crippen molar-refractivity contribution in [3.8, 4) is 17.0 Å². The number of hydrogen-bond acceptors (Lipinski definition) is 4. The second-order valence-electron chi connectivity index (χ2n) is 7.25. The van der Waals surface area contributed by atoms with E-state index in [-0.39, 0.29) is 40.8 Å². The highest BCUT2D eigenvalue weighted by atomic mass is 19.3. The van der Waals surface area contributed by atoms with E-state index in [1.54, 1.807) is 0 Å². The van der Waals surface area contributed by atoms with E-state index in [1.807, 2.05) is 20.8 Å². The highest BCUT2D eigenvalue weighted by Crippen LogP contribution is 2.32. The summed E-state index contributed by atoms with van der Waals surface area (Å²) in [6, 6.07) is 4.28. The average Bonchev–Trinajstić information content (AvgIpc) is 2.54. The standard InChI is InChI=1S/C19H24F3N3O/c1-11(9-19(3,4)23)10-26-15-6-5-14(25-17(15)18(21)22)13-7-8-24-12(2)16(13)20/h5-8,11,18H,9-10,23H2,1-4H3/t11-/m0/s1. The second kappa shape index (κ2) is 8.03. The minimum absolute atomic E-state index is 0.00314. The van der Waals surface area contributed by atoms with Crippen LogP contribution in [0.3, 0.4) is 0 Å². The summed E-state index contributed by atoms with van der Waals surface area (Å²) in [4.78, 5) is 7.76. The van der Waals surface area contributed by atoms with E-state index in [0.717, 1.165) is 0 Å². The van der Waals surface area contributed by atoms with E-state index in [1.165, 1.54) is 31.3 Å².